The van der Waals surface area contributed by atoms with E-state index < -0.39 is 12.0 Å². The Bertz CT molecular complexity index is 516. The molecular weight excluding hydrogens is 258 g/mol. The SMILES string of the molecule is CN(C)CCNC(=O)N1c2ccccc2C[C@H]1C(=O)O. The van der Waals surface area contributed by atoms with E-state index in [-0.39, 0.29) is 6.03 Å². The van der Waals surface area contributed by atoms with Gasteiger partial charge in [-0.15, -0.1) is 0 Å². The van der Waals surface area contributed by atoms with Crippen molar-refractivity contribution >= 4 is 17.7 Å². The van der Waals surface area contributed by atoms with Crippen LogP contribution in [0.25, 0.3) is 0 Å². The number of hydrogen-bond donors (Lipinski definition) is 2. The Balaban J connectivity index is 2.14. The summed E-state index contributed by atoms with van der Waals surface area (Å²) in [5.41, 5.74) is 1.57. The molecule has 0 radical (unpaired) electrons. The van der Waals surface area contributed by atoms with Crippen LogP contribution in [0.5, 0.6) is 0 Å². The second kappa shape index (κ2) is 5.92. The number of rotatable bonds is 4. The molecule has 1 aromatic rings. The van der Waals surface area contributed by atoms with E-state index in [0.717, 1.165) is 5.56 Å². The van der Waals surface area contributed by atoms with Gasteiger partial charge in [-0.1, -0.05) is 18.2 Å². The van der Waals surface area contributed by atoms with Crippen molar-refractivity contribution in [2.75, 3.05) is 32.1 Å². The summed E-state index contributed by atoms with van der Waals surface area (Å²) in [6, 6.07) is 6.12. The Morgan fingerprint density at radius 2 is 2.10 bits per heavy atom. The third-order valence-electron chi connectivity index (χ3n) is 3.32. The zero-order valence-electron chi connectivity index (χ0n) is 11.7. The van der Waals surface area contributed by atoms with Gasteiger partial charge >= 0.3 is 12.0 Å². The standard InChI is InChI=1S/C14H19N3O3/c1-16(2)8-7-15-14(20)17-11-6-4-3-5-10(11)9-12(17)13(18)19/h3-6,12H,7-9H2,1-2H3,(H,15,20)(H,18,19)/t12-/m0/s1. The van der Waals surface area contributed by atoms with Crippen LogP contribution in [0.2, 0.25) is 0 Å². The molecule has 1 heterocycles. The zero-order chi connectivity index (χ0) is 14.7. The fourth-order valence-electron chi connectivity index (χ4n) is 2.31. The third-order valence-corrected chi connectivity index (χ3v) is 3.32. The topological polar surface area (TPSA) is 72.9 Å². The van der Waals surface area contributed by atoms with Crippen molar-refractivity contribution in [3.8, 4) is 0 Å². The second-order valence-corrected chi connectivity index (χ2v) is 5.09. The summed E-state index contributed by atoms with van der Waals surface area (Å²) >= 11 is 0. The Hall–Kier alpha value is -2.08. The third kappa shape index (κ3) is 2.91. The van der Waals surface area contributed by atoms with Crippen LogP contribution in [0.4, 0.5) is 10.5 Å². The van der Waals surface area contributed by atoms with E-state index in [1.54, 1.807) is 6.07 Å². The number of para-hydroxylation sites is 1. The number of carboxylic acid groups (broad SMARTS) is 1. The number of fused-ring (bicyclic) bond motifs is 1. The summed E-state index contributed by atoms with van der Waals surface area (Å²) in [5.74, 6) is -0.982. The molecule has 108 valence electrons. The number of benzene rings is 1. The fourth-order valence-corrected chi connectivity index (χ4v) is 2.31. The number of carbonyl (C=O) groups excluding carboxylic acids is 1. The molecule has 0 fully saturated rings. The van der Waals surface area contributed by atoms with Crippen molar-refractivity contribution in [3.63, 3.8) is 0 Å². The van der Waals surface area contributed by atoms with Gasteiger partial charge in [0.05, 0.1) is 0 Å². The highest BCUT2D eigenvalue weighted by atomic mass is 16.4. The van der Waals surface area contributed by atoms with Crippen molar-refractivity contribution in [2.45, 2.75) is 12.5 Å². The molecule has 0 bridgehead atoms. The summed E-state index contributed by atoms with van der Waals surface area (Å²) in [7, 11) is 3.83. The van der Waals surface area contributed by atoms with E-state index in [2.05, 4.69) is 5.32 Å². The van der Waals surface area contributed by atoms with Crippen LogP contribution < -0.4 is 10.2 Å². The van der Waals surface area contributed by atoms with E-state index in [0.29, 0.717) is 25.2 Å². The molecule has 2 N–H and O–H groups in total. The van der Waals surface area contributed by atoms with E-state index in [4.69, 9.17) is 0 Å². The normalized spacial score (nSPS) is 17.1. The minimum Gasteiger partial charge on any atom is -0.480 e. The highest BCUT2D eigenvalue weighted by molar-refractivity contribution is 6.01. The van der Waals surface area contributed by atoms with Crippen molar-refractivity contribution in [1.29, 1.82) is 0 Å². The van der Waals surface area contributed by atoms with E-state index in [1.807, 2.05) is 37.2 Å². The van der Waals surface area contributed by atoms with Gasteiger partial charge in [-0.05, 0) is 25.7 Å². The van der Waals surface area contributed by atoms with E-state index >= 15 is 0 Å². The summed E-state index contributed by atoms with van der Waals surface area (Å²) in [6.07, 6.45) is 0.354. The van der Waals surface area contributed by atoms with Crippen LogP contribution >= 0.6 is 0 Å². The molecular formula is C14H19N3O3. The van der Waals surface area contributed by atoms with Gasteiger partial charge in [-0.3, -0.25) is 4.90 Å². The number of urea groups is 1. The predicted molar refractivity (Wildman–Crippen MR) is 76.0 cm³/mol. The molecule has 1 aliphatic heterocycles. The highest BCUT2D eigenvalue weighted by Gasteiger charge is 2.38. The first kappa shape index (κ1) is 14.3. The fraction of sp³-hybridized carbons (Fsp3) is 0.429. The van der Waals surface area contributed by atoms with Crippen molar-refractivity contribution in [1.82, 2.24) is 10.2 Å². The van der Waals surface area contributed by atoms with Crippen molar-refractivity contribution in [3.05, 3.63) is 29.8 Å². The lowest BCUT2D eigenvalue weighted by atomic mass is 10.1. The maximum absolute atomic E-state index is 12.2. The van der Waals surface area contributed by atoms with Crippen LogP contribution in [-0.2, 0) is 11.2 Å². The summed E-state index contributed by atoms with van der Waals surface area (Å²) in [6.45, 7) is 1.19. The molecule has 0 saturated heterocycles. The first-order valence-electron chi connectivity index (χ1n) is 6.53. The molecule has 0 aromatic heterocycles. The number of carboxylic acids is 1. The second-order valence-electron chi connectivity index (χ2n) is 5.09. The van der Waals surface area contributed by atoms with Gasteiger partial charge in [0.1, 0.15) is 6.04 Å². The smallest absolute Gasteiger partial charge is 0.327 e. The van der Waals surface area contributed by atoms with E-state index in [9.17, 15) is 14.7 Å². The Kier molecular flexibility index (Phi) is 4.24. The van der Waals surface area contributed by atoms with Crippen LogP contribution in [0.15, 0.2) is 24.3 Å². The average molecular weight is 277 g/mol. The lowest BCUT2D eigenvalue weighted by molar-refractivity contribution is -0.138. The molecule has 1 aliphatic rings. The molecule has 2 amide bonds. The number of aliphatic carboxylic acids is 1. The molecule has 6 heteroatoms. The number of amides is 2. The van der Waals surface area contributed by atoms with Gasteiger partial charge in [-0.2, -0.15) is 0 Å². The molecule has 6 nitrogen and oxygen atoms in total. The number of anilines is 1. The minimum absolute atomic E-state index is 0.354. The zero-order valence-corrected chi connectivity index (χ0v) is 11.7. The molecule has 0 spiro atoms. The Morgan fingerprint density at radius 1 is 1.40 bits per heavy atom. The van der Waals surface area contributed by atoms with Crippen LogP contribution in [0.1, 0.15) is 5.56 Å². The number of nitrogens with one attached hydrogen (secondary N) is 1. The maximum Gasteiger partial charge on any atom is 0.327 e. The lowest BCUT2D eigenvalue weighted by Crippen LogP contribution is -2.49. The van der Waals surface area contributed by atoms with Gasteiger partial charge in [0, 0.05) is 25.2 Å². The van der Waals surface area contributed by atoms with E-state index in [1.165, 1.54) is 4.90 Å². The average Bonchev–Trinajstić information content (AvgIpc) is 2.77. The maximum atomic E-state index is 12.2. The van der Waals surface area contributed by atoms with Crippen LogP contribution in [-0.4, -0.2) is 55.2 Å². The predicted octanol–water partition coefficient (Wildman–Crippen LogP) is 0.773. The first-order valence-corrected chi connectivity index (χ1v) is 6.53. The molecule has 20 heavy (non-hydrogen) atoms. The largest absolute Gasteiger partial charge is 0.480 e. The summed E-state index contributed by atoms with van der Waals surface area (Å²) in [4.78, 5) is 26.9. The van der Waals surface area contributed by atoms with Gasteiger partial charge in [-0.25, -0.2) is 9.59 Å². The molecule has 1 aromatic carbocycles. The van der Waals surface area contributed by atoms with Crippen LogP contribution in [0.3, 0.4) is 0 Å². The van der Waals surface area contributed by atoms with Gasteiger partial charge < -0.3 is 15.3 Å². The monoisotopic (exact) mass is 277 g/mol. The summed E-state index contributed by atoms with van der Waals surface area (Å²) in [5, 5.41) is 12.1. The number of carbonyl (C=O) groups is 2. The van der Waals surface area contributed by atoms with Crippen molar-refractivity contribution in [2.24, 2.45) is 0 Å². The highest BCUT2D eigenvalue weighted by Crippen LogP contribution is 2.31. The van der Waals surface area contributed by atoms with Gasteiger partial charge in [0.25, 0.3) is 0 Å². The first-order chi connectivity index (χ1) is 9.50. The Morgan fingerprint density at radius 3 is 2.75 bits per heavy atom. The molecule has 0 aliphatic carbocycles. The Labute approximate surface area is 118 Å². The molecule has 2 rings (SSSR count). The van der Waals surface area contributed by atoms with Gasteiger partial charge in [0.2, 0.25) is 0 Å². The number of hydrogen-bond acceptors (Lipinski definition) is 3. The number of likely N-dealkylation sites (N-methyl/N-ethyl adjacent to an activating group) is 1. The molecule has 0 saturated carbocycles. The van der Waals surface area contributed by atoms with Crippen LogP contribution in [0, 0.1) is 0 Å². The van der Waals surface area contributed by atoms with Crippen molar-refractivity contribution < 1.29 is 14.7 Å². The van der Waals surface area contributed by atoms with Gasteiger partial charge in [0.15, 0.2) is 0 Å². The minimum atomic E-state index is -0.982. The number of nitrogens with zero attached hydrogens (tertiary/aromatic N) is 2. The molecule has 1 atom stereocenters. The molecule has 0 unspecified atom stereocenters. The quantitative estimate of drug-likeness (QED) is 0.853. The summed E-state index contributed by atoms with van der Waals surface area (Å²) < 4.78 is 0. The lowest BCUT2D eigenvalue weighted by Gasteiger charge is -2.23.